The van der Waals surface area contributed by atoms with Gasteiger partial charge in [0.15, 0.2) is 5.65 Å². The quantitative estimate of drug-likeness (QED) is 0.605. The lowest BCUT2D eigenvalue weighted by atomic mass is 10.1. The number of nitrogens with zero attached hydrogens (tertiary/aromatic N) is 4. The van der Waals surface area contributed by atoms with Crippen LogP contribution in [0.5, 0.6) is 0 Å². The molecule has 0 aliphatic rings. The highest BCUT2D eigenvalue weighted by Crippen LogP contribution is 2.27. The summed E-state index contributed by atoms with van der Waals surface area (Å²) < 4.78 is 1.81. The third-order valence-electron chi connectivity index (χ3n) is 4.44. The fraction of sp³-hybridized carbons (Fsp3) is 0.222. The lowest BCUT2D eigenvalue weighted by Gasteiger charge is -2.22. The zero-order chi connectivity index (χ0) is 16.7. The zero-order valence-corrected chi connectivity index (χ0v) is 13.8. The van der Waals surface area contributed by atoms with Crippen LogP contribution >= 0.6 is 0 Å². The summed E-state index contributed by atoms with van der Waals surface area (Å²) in [5.74, 6) is 0. The maximum Gasteiger partial charge on any atom is 0.163 e. The average molecular weight is 320 g/mol. The van der Waals surface area contributed by atoms with Gasteiger partial charge in [0.05, 0.1) is 17.9 Å². The summed E-state index contributed by atoms with van der Waals surface area (Å²) in [5.41, 5.74) is 10.9. The van der Waals surface area contributed by atoms with Crippen LogP contribution in [0.2, 0.25) is 0 Å². The normalized spacial score (nSPS) is 13.2. The molecule has 1 atom stereocenters. The lowest BCUT2D eigenvalue weighted by molar-refractivity contribution is 0.300. The van der Waals surface area contributed by atoms with Crippen LogP contribution in [0.3, 0.4) is 0 Å². The van der Waals surface area contributed by atoms with Gasteiger partial charge in [0.2, 0.25) is 0 Å². The van der Waals surface area contributed by atoms with Crippen LogP contribution in [0, 0.1) is 0 Å². The second-order valence-corrected chi connectivity index (χ2v) is 6.17. The highest BCUT2D eigenvalue weighted by Gasteiger charge is 2.16. The highest BCUT2D eigenvalue weighted by atomic mass is 15.2. The lowest BCUT2D eigenvalue weighted by Crippen LogP contribution is -2.28. The Kier molecular flexibility index (Phi) is 3.55. The number of nitrogens with one attached hydrogen (secondary N) is 1. The molecule has 4 aromatic rings. The van der Waals surface area contributed by atoms with Gasteiger partial charge in [0.25, 0.3) is 0 Å². The van der Waals surface area contributed by atoms with Crippen LogP contribution in [0.15, 0.2) is 48.9 Å². The molecule has 0 saturated heterocycles. The Morgan fingerprint density at radius 2 is 2.12 bits per heavy atom. The fourth-order valence-corrected chi connectivity index (χ4v) is 3.08. The number of nitrogens with two attached hydrogens (primary N) is 1. The monoisotopic (exact) mass is 320 g/mol. The Balaban J connectivity index is 1.86. The van der Waals surface area contributed by atoms with Gasteiger partial charge in [-0.2, -0.15) is 5.10 Å². The predicted octanol–water partition coefficient (Wildman–Crippen LogP) is 2.44. The number of hydrogen-bond acceptors (Lipinski definition) is 4. The van der Waals surface area contributed by atoms with Gasteiger partial charge >= 0.3 is 0 Å². The Morgan fingerprint density at radius 1 is 1.25 bits per heavy atom. The Labute approximate surface area is 139 Å². The van der Waals surface area contributed by atoms with E-state index in [1.807, 2.05) is 38.8 Å². The van der Waals surface area contributed by atoms with E-state index in [4.69, 9.17) is 10.7 Å². The molecular formula is C18H20N6. The molecule has 0 bridgehead atoms. The largest absolute Gasteiger partial charge is 0.361 e. The van der Waals surface area contributed by atoms with E-state index < -0.39 is 0 Å². The van der Waals surface area contributed by atoms with Crippen molar-refractivity contribution in [1.82, 2.24) is 24.5 Å². The maximum absolute atomic E-state index is 5.92. The Hall–Kier alpha value is -2.70. The van der Waals surface area contributed by atoms with Crippen LogP contribution in [-0.2, 0) is 0 Å². The molecule has 0 amide bonds. The summed E-state index contributed by atoms with van der Waals surface area (Å²) in [6.07, 6.45) is 5.76. The van der Waals surface area contributed by atoms with Crippen molar-refractivity contribution in [1.29, 1.82) is 0 Å². The first kappa shape index (κ1) is 14.9. The fourth-order valence-electron chi connectivity index (χ4n) is 3.08. The van der Waals surface area contributed by atoms with E-state index in [0.717, 1.165) is 28.0 Å². The van der Waals surface area contributed by atoms with Gasteiger partial charge in [-0.25, -0.2) is 9.50 Å². The van der Waals surface area contributed by atoms with E-state index in [1.54, 1.807) is 4.52 Å². The van der Waals surface area contributed by atoms with E-state index in [2.05, 4.69) is 39.2 Å². The number of hydrogen-bond donors (Lipinski definition) is 2. The van der Waals surface area contributed by atoms with Crippen molar-refractivity contribution in [2.24, 2.45) is 5.73 Å². The molecule has 0 aliphatic heterocycles. The van der Waals surface area contributed by atoms with Crippen molar-refractivity contribution in [3.63, 3.8) is 0 Å². The van der Waals surface area contributed by atoms with Gasteiger partial charge < -0.3 is 10.7 Å². The van der Waals surface area contributed by atoms with Gasteiger partial charge in [0.1, 0.15) is 0 Å². The standard InChI is InChI=1S/C18H20N6/c1-23(2)17(10-19)15-6-8-24-18(22-15)14(11-21-24)13-4-3-12-5-7-20-16(12)9-13/h3-9,11,17,20H,10,19H2,1-2H3. The van der Waals surface area contributed by atoms with Crippen molar-refractivity contribution >= 4 is 16.6 Å². The van der Waals surface area contributed by atoms with Crippen molar-refractivity contribution in [2.45, 2.75) is 6.04 Å². The van der Waals surface area contributed by atoms with Crippen molar-refractivity contribution in [3.8, 4) is 11.1 Å². The van der Waals surface area contributed by atoms with Crippen LogP contribution < -0.4 is 5.73 Å². The zero-order valence-electron chi connectivity index (χ0n) is 13.8. The van der Waals surface area contributed by atoms with Gasteiger partial charge in [-0.1, -0.05) is 12.1 Å². The number of rotatable bonds is 4. The molecule has 0 aliphatic carbocycles. The van der Waals surface area contributed by atoms with E-state index in [1.165, 1.54) is 5.39 Å². The van der Waals surface area contributed by atoms with Gasteiger partial charge in [0, 0.05) is 30.0 Å². The van der Waals surface area contributed by atoms with Crippen LogP contribution in [0.1, 0.15) is 11.7 Å². The van der Waals surface area contributed by atoms with Crippen LogP contribution in [-0.4, -0.2) is 45.1 Å². The summed E-state index contributed by atoms with van der Waals surface area (Å²) in [7, 11) is 4.03. The molecule has 24 heavy (non-hydrogen) atoms. The maximum atomic E-state index is 5.92. The summed E-state index contributed by atoms with van der Waals surface area (Å²) in [4.78, 5) is 10.2. The summed E-state index contributed by atoms with van der Waals surface area (Å²) >= 11 is 0. The number of H-pyrrole nitrogens is 1. The molecular weight excluding hydrogens is 300 g/mol. The van der Waals surface area contributed by atoms with Crippen LogP contribution in [0.25, 0.3) is 27.7 Å². The molecule has 4 rings (SSSR count). The molecule has 0 radical (unpaired) electrons. The molecule has 0 saturated carbocycles. The third-order valence-corrected chi connectivity index (χ3v) is 4.44. The minimum absolute atomic E-state index is 0.0867. The molecule has 122 valence electrons. The SMILES string of the molecule is CN(C)C(CN)c1ccn2ncc(-c3ccc4cc[nH]c4c3)c2n1. The molecule has 3 heterocycles. The highest BCUT2D eigenvalue weighted by molar-refractivity contribution is 5.87. The van der Waals surface area contributed by atoms with E-state index in [-0.39, 0.29) is 6.04 Å². The Bertz CT molecular complexity index is 997. The predicted molar refractivity (Wildman–Crippen MR) is 95.8 cm³/mol. The van der Waals surface area contributed by atoms with E-state index in [9.17, 15) is 0 Å². The second kappa shape index (κ2) is 5.74. The first-order valence-corrected chi connectivity index (χ1v) is 7.95. The minimum atomic E-state index is 0.0867. The average Bonchev–Trinajstić information content (AvgIpc) is 3.20. The number of likely N-dealkylation sites (N-methyl/N-ethyl adjacent to an activating group) is 1. The topological polar surface area (TPSA) is 75.2 Å². The Morgan fingerprint density at radius 3 is 2.92 bits per heavy atom. The smallest absolute Gasteiger partial charge is 0.163 e. The van der Waals surface area contributed by atoms with Crippen molar-refractivity contribution in [3.05, 3.63) is 54.6 Å². The van der Waals surface area contributed by atoms with Crippen LogP contribution in [0.4, 0.5) is 0 Å². The van der Waals surface area contributed by atoms with Gasteiger partial charge in [-0.15, -0.1) is 0 Å². The molecule has 3 aromatic heterocycles. The minimum Gasteiger partial charge on any atom is -0.361 e. The van der Waals surface area contributed by atoms with E-state index >= 15 is 0 Å². The number of benzene rings is 1. The molecule has 1 aromatic carbocycles. The number of aromatic amines is 1. The number of aromatic nitrogens is 4. The molecule has 3 N–H and O–H groups in total. The first-order chi connectivity index (χ1) is 11.7. The molecule has 6 nitrogen and oxygen atoms in total. The summed E-state index contributed by atoms with van der Waals surface area (Å²) in [5, 5.41) is 5.63. The number of fused-ring (bicyclic) bond motifs is 2. The molecule has 0 spiro atoms. The molecule has 1 unspecified atom stereocenters. The molecule has 0 fully saturated rings. The van der Waals surface area contributed by atoms with Crippen molar-refractivity contribution in [2.75, 3.05) is 20.6 Å². The van der Waals surface area contributed by atoms with E-state index in [0.29, 0.717) is 6.54 Å². The van der Waals surface area contributed by atoms with Gasteiger partial charge in [-0.3, -0.25) is 4.90 Å². The van der Waals surface area contributed by atoms with Gasteiger partial charge in [-0.05, 0) is 43.2 Å². The molecule has 6 heteroatoms. The third kappa shape index (κ3) is 2.36. The first-order valence-electron chi connectivity index (χ1n) is 7.95. The second-order valence-electron chi connectivity index (χ2n) is 6.17. The summed E-state index contributed by atoms with van der Waals surface area (Å²) in [6.45, 7) is 0.522. The van der Waals surface area contributed by atoms with Crippen molar-refractivity contribution < 1.29 is 0 Å². The summed E-state index contributed by atoms with van der Waals surface area (Å²) in [6, 6.07) is 10.5.